The number of rotatable bonds is 1. The molecule has 2 nitrogen and oxygen atoms in total. The van der Waals surface area contributed by atoms with Crippen molar-refractivity contribution in [2.45, 2.75) is 37.6 Å². The van der Waals surface area contributed by atoms with Gasteiger partial charge in [-0.25, -0.2) is 0 Å². The van der Waals surface area contributed by atoms with Crippen LogP contribution in [0.5, 0.6) is 5.75 Å². The molecular formula is C20H24ClNO. The number of hydrogen-bond acceptors (Lipinski definition) is 2. The summed E-state index contributed by atoms with van der Waals surface area (Å²) in [5.41, 5.74) is 12.5. The van der Waals surface area contributed by atoms with Crippen molar-refractivity contribution in [1.29, 1.82) is 0 Å². The molecule has 0 spiro atoms. The molecular weight excluding hydrogens is 306 g/mol. The van der Waals surface area contributed by atoms with Crippen molar-refractivity contribution in [2.24, 2.45) is 11.7 Å². The van der Waals surface area contributed by atoms with Gasteiger partial charge in [0.15, 0.2) is 0 Å². The largest absolute Gasteiger partial charge is 0.497 e. The summed E-state index contributed by atoms with van der Waals surface area (Å²) in [6, 6.07) is 15.6. The summed E-state index contributed by atoms with van der Waals surface area (Å²) in [6.07, 6.45) is 3.18. The third kappa shape index (κ3) is 2.45. The molecule has 2 aromatic carbocycles. The van der Waals surface area contributed by atoms with E-state index in [0.29, 0.717) is 5.92 Å². The molecule has 0 saturated carbocycles. The maximum atomic E-state index is 6.76. The Labute approximate surface area is 144 Å². The molecule has 0 saturated heterocycles. The van der Waals surface area contributed by atoms with Crippen molar-refractivity contribution >= 4 is 12.4 Å². The van der Waals surface area contributed by atoms with Crippen LogP contribution in [0.1, 0.15) is 29.2 Å². The van der Waals surface area contributed by atoms with E-state index in [1.807, 2.05) is 0 Å². The Hall–Kier alpha value is -1.51. The standard InChI is InChI=1S/C20H23NO.ClH/c1-20-12-15-6-4-3-5-13(15)9-16(19(20)21)10-14-7-8-17(22-2)11-18(14)20;/h3-8,11,16,19H,9-10,12,21H2,1-2H3;1H/t16?,19?,20-;/m1./s1. The summed E-state index contributed by atoms with van der Waals surface area (Å²) in [5, 5.41) is 0. The fourth-order valence-corrected chi connectivity index (χ4v) is 4.52. The van der Waals surface area contributed by atoms with Gasteiger partial charge in [0.2, 0.25) is 0 Å². The van der Waals surface area contributed by atoms with E-state index in [-0.39, 0.29) is 23.9 Å². The van der Waals surface area contributed by atoms with Crippen LogP contribution in [0.25, 0.3) is 0 Å². The lowest BCUT2D eigenvalue weighted by molar-refractivity contribution is 0.258. The van der Waals surface area contributed by atoms with E-state index in [4.69, 9.17) is 10.5 Å². The first-order chi connectivity index (χ1) is 10.6. The van der Waals surface area contributed by atoms with E-state index in [2.05, 4.69) is 49.4 Å². The monoisotopic (exact) mass is 329 g/mol. The van der Waals surface area contributed by atoms with Gasteiger partial charge in [0.1, 0.15) is 5.75 Å². The van der Waals surface area contributed by atoms with Crippen molar-refractivity contribution in [3.05, 3.63) is 64.7 Å². The predicted octanol–water partition coefficient (Wildman–Crippen LogP) is 3.67. The van der Waals surface area contributed by atoms with E-state index < -0.39 is 0 Å². The zero-order valence-electron chi connectivity index (χ0n) is 13.7. The van der Waals surface area contributed by atoms with E-state index in [1.54, 1.807) is 7.11 Å². The quantitative estimate of drug-likeness (QED) is 0.866. The van der Waals surface area contributed by atoms with Crippen LogP contribution in [0.3, 0.4) is 0 Å². The summed E-state index contributed by atoms with van der Waals surface area (Å²) < 4.78 is 5.46. The van der Waals surface area contributed by atoms with E-state index in [9.17, 15) is 0 Å². The molecule has 0 aliphatic heterocycles. The van der Waals surface area contributed by atoms with Crippen molar-refractivity contribution in [3.8, 4) is 5.75 Å². The zero-order valence-corrected chi connectivity index (χ0v) is 14.5. The summed E-state index contributed by atoms with van der Waals surface area (Å²) in [7, 11) is 1.73. The highest BCUT2D eigenvalue weighted by Crippen LogP contribution is 2.46. The van der Waals surface area contributed by atoms with Crippen LogP contribution in [0.4, 0.5) is 0 Å². The van der Waals surface area contributed by atoms with E-state index in [0.717, 1.165) is 25.0 Å². The Kier molecular flexibility index (Phi) is 4.16. The average Bonchev–Trinajstić information content (AvgIpc) is 2.60. The molecule has 2 bridgehead atoms. The number of hydrogen-bond donors (Lipinski definition) is 1. The Morgan fingerprint density at radius 2 is 1.74 bits per heavy atom. The minimum atomic E-state index is -0.0145. The average molecular weight is 330 g/mol. The number of methoxy groups -OCH3 is 1. The van der Waals surface area contributed by atoms with E-state index >= 15 is 0 Å². The number of nitrogens with two attached hydrogens (primary N) is 1. The van der Waals surface area contributed by atoms with Crippen molar-refractivity contribution in [3.63, 3.8) is 0 Å². The second-order valence-corrected chi connectivity index (χ2v) is 7.08. The number of ether oxygens (including phenoxy) is 1. The van der Waals surface area contributed by atoms with Gasteiger partial charge in [0.05, 0.1) is 7.11 Å². The van der Waals surface area contributed by atoms with Crippen molar-refractivity contribution < 1.29 is 4.74 Å². The normalized spacial score (nSPS) is 28.0. The lowest BCUT2D eigenvalue weighted by atomic mass is 9.62. The molecule has 2 aliphatic rings. The van der Waals surface area contributed by atoms with Gasteiger partial charge < -0.3 is 10.5 Å². The molecule has 0 fully saturated rings. The minimum Gasteiger partial charge on any atom is -0.497 e. The van der Waals surface area contributed by atoms with E-state index in [1.165, 1.54) is 22.3 Å². The predicted molar refractivity (Wildman–Crippen MR) is 96.6 cm³/mol. The maximum absolute atomic E-state index is 6.76. The van der Waals surface area contributed by atoms with Gasteiger partial charge in [-0.15, -0.1) is 12.4 Å². The number of fused-ring (bicyclic) bond motifs is 5. The Balaban J connectivity index is 0.00000156. The molecule has 0 radical (unpaired) electrons. The van der Waals surface area contributed by atoms with Crippen LogP contribution in [0, 0.1) is 5.92 Å². The topological polar surface area (TPSA) is 35.2 Å². The number of halogens is 1. The highest BCUT2D eigenvalue weighted by atomic mass is 35.5. The first-order valence-electron chi connectivity index (χ1n) is 8.11. The molecule has 2 aliphatic carbocycles. The summed E-state index contributed by atoms with van der Waals surface area (Å²) in [5.74, 6) is 1.46. The molecule has 0 amide bonds. The van der Waals surface area contributed by atoms with Gasteiger partial charge in [-0.3, -0.25) is 0 Å². The van der Waals surface area contributed by atoms with Gasteiger partial charge in [-0.05, 0) is 59.6 Å². The summed E-state index contributed by atoms with van der Waals surface area (Å²) >= 11 is 0. The molecule has 122 valence electrons. The molecule has 3 atom stereocenters. The molecule has 0 heterocycles. The van der Waals surface area contributed by atoms with Crippen LogP contribution in [0.2, 0.25) is 0 Å². The van der Waals surface area contributed by atoms with Crippen LogP contribution < -0.4 is 10.5 Å². The van der Waals surface area contributed by atoms with Gasteiger partial charge in [-0.1, -0.05) is 37.3 Å². The van der Waals surface area contributed by atoms with Crippen LogP contribution in [0.15, 0.2) is 42.5 Å². The molecule has 2 unspecified atom stereocenters. The van der Waals surface area contributed by atoms with Gasteiger partial charge in [0.25, 0.3) is 0 Å². The lowest BCUT2D eigenvalue weighted by Crippen LogP contribution is -2.52. The second kappa shape index (κ2) is 5.85. The third-order valence-corrected chi connectivity index (χ3v) is 5.82. The molecule has 23 heavy (non-hydrogen) atoms. The second-order valence-electron chi connectivity index (χ2n) is 7.08. The SMILES string of the molecule is COc1ccc2c(c1)[C@@]1(C)Cc3ccccc3CC(C2)C1N.Cl. The first-order valence-corrected chi connectivity index (χ1v) is 8.11. The minimum absolute atomic E-state index is 0. The van der Waals surface area contributed by atoms with Gasteiger partial charge >= 0.3 is 0 Å². The summed E-state index contributed by atoms with van der Waals surface area (Å²) in [4.78, 5) is 0. The van der Waals surface area contributed by atoms with Crippen LogP contribution in [-0.4, -0.2) is 13.2 Å². The van der Waals surface area contributed by atoms with Crippen LogP contribution in [-0.2, 0) is 24.7 Å². The molecule has 2 N–H and O–H groups in total. The highest BCUT2D eigenvalue weighted by Gasteiger charge is 2.45. The van der Waals surface area contributed by atoms with Crippen LogP contribution >= 0.6 is 12.4 Å². The Morgan fingerprint density at radius 1 is 1.04 bits per heavy atom. The molecule has 4 rings (SSSR count). The summed E-state index contributed by atoms with van der Waals surface area (Å²) in [6.45, 7) is 2.34. The fraction of sp³-hybridized carbons (Fsp3) is 0.400. The smallest absolute Gasteiger partial charge is 0.119 e. The zero-order chi connectivity index (χ0) is 15.3. The lowest BCUT2D eigenvalue weighted by Gasteiger charge is -2.44. The van der Waals surface area contributed by atoms with Gasteiger partial charge in [-0.2, -0.15) is 0 Å². The maximum Gasteiger partial charge on any atom is 0.119 e. The molecule has 3 heteroatoms. The highest BCUT2D eigenvalue weighted by molar-refractivity contribution is 5.85. The fourth-order valence-electron chi connectivity index (χ4n) is 4.52. The van der Waals surface area contributed by atoms with Crippen molar-refractivity contribution in [1.82, 2.24) is 0 Å². The van der Waals surface area contributed by atoms with Crippen molar-refractivity contribution in [2.75, 3.05) is 7.11 Å². The number of benzene rings is 2. The Morgan fingerprint density at radius 3 is 2.48 bits per heavy atom. The third-order valence-electron chi connectivity index (χ3n) is 5.82. The molecule has 2 aromatic rings. The molecule has 0 aromatic heterocycles. The Bertz CT molecular complexity index is 729. The first kappa shape index (κ1) is 16.4. The van der Waals surface area contributed by atoms with Gasteiger partial charge in [0, 0.05) is 11.5 Å².